The highest BCUT2D eigenvalue weighted by atomic mass is 16.2. The minimum Gasteiger partial charge on any atom is -0.324 e. The molecule has 0 saturated heterocycles. The molecule has 3 amide bonds. The second-order valence-corrected chi connectivity index (χ2v) is 7.48. The van der Waals surface area contributed by atoms with Crippen LogP contribution in [-0.2, 0) is 4.79 Å². The smallest absolute Gasteiger partial charge is 0.262 e. The van der Waals surface area contributed by atoms with Crippen molar-refractivity contribution in [2.75, 3.05) is 5.32 Å². The molecule has 140 valence electrons. The van der Waals surface area contributed by atoms with Gasteiger partial charge in [0, 0.05) is 5.69 Å². The normalized spacial score (nSPS) is 14.7. The van der Waals surface area contributed by atoms with Gasteiger partial charge in [-0.25, -0.2) is 0 Å². The molecule has 0 spiro atoms. The highest BCUT2D eigenvalue weighted by Crippen LogP contribution is 2.28. The highest BCUT2D eigenvalue weighted by molar-refractivity contribution is 6.23. The number of rotatable bonds is 5. The molecule has 0 unspecified atom stereocenters. The van der Waals surface area contributed by atoms with Crippen LogP contribution in [0.3, 0.4) is 0 Å². The molecule has 3 rings (SSSR count). The topological polar surface area (TPSA) is 66.5 Å². The van der Waals surface area contributed by atoms with Crippen LogP contribution in [0.4, 0.5) is 5.69 Å². The van der Waals surface area contributed by atoms with E-state index in [9.17, 15) is 14.4 Å². The van der Waals surface area contributed by atoms with Gasteiger partial charge in [-0.3, -0.25) is 19.3 Å². The zero-order chi connectivity index (χ0) is 19.7. The number of anilines is 1. The van der Waals surface area contributed by atoms with Gasteiger partial charge in [-0.2, -0.15) is 0 Å². The Bertz CT molecular complexity index is 850. The largest absolute Gasteiger partial charge is 0.324 e. The van der Waals surface area contributed by atoms with E-state index in [0.29, 0.717) is 22.7 Å². The Morgan fingerprint density at radius 2 is 1.37 bits per heavy atom. The summed E-state index contributed by atoms with van der Waals surface area (Å²) in [5.41, 5.74) is 2.52. The second-order valence-electron chi connectivity index (χ2n) is 7.48. The summed E-state index contributed by atoms with van der Waals surface area (Å²) < 4.78 is 0. The molecule has 1 aliphatic heterocycles. The Morgan fingerprint density at radius 3 is 1.81 bits per heavy atom. The number of amides is 3. The molecule has 1 aliphatic rings. The van der Waals surface area contributed by atoms with Crippen molar-refractivity contribution < 1.29 is 14.4 Å². The van der Waals surface area contributed by atoms with E-state index in [4.69, 9.17) is 0 Å². The molecule has 1 atom stereocenters. The van der Waals surface area contributed by atoms with Crippen LogP contribution in [0.1, 0.15) is 59.9 Å². The number of nitrogens with zero attached hydrogens (tertiary/aromatic N) is 1. The van der Waals surface area contributed by atoms with Gasteiger partial charge in [0.1, 0.15) is 6.04 Å². The molecule has 2 aromatic carbocycles. The van der Waals surface area contributed by atoms with Crippen molar-refractivity contribution in [1.82, 2.24) is 4.90 Å². The molecule has 5 nitrogen and oxygen atoms in total. The average Bonchev–Trinajstić information content (AvgIpc) is 2.88. The van der Waals surface area contributed by atoms with E-state index in [-0.39, 0.29) is 11.8 Å². The molecule has 0 aliphatic carbocycles. The Kier molecular flexibility index (Phi) is 5.13. The van der Waals surface area contributed by atoms with Crippen molar-refractivity contribution >= 4 is 23.4 Å². The number of nitrogens with one attached hydrogen (secondary N) is 1. The van der Waals surface area contributed by atoms with E-state index in [1.165, 1.54) is 5.56 Å². The lowest BCUT2D eigenvalue weighted by atomic mass is 10.0. The summed E-state index contributed by atoms with van der Waals surface area (Å²) in [6, 6.07) is 13.4. The Morgan fingerprint density at radius 1 is 0.852 bits per heavy atom. The number of hydrogen-bond donors (Lipinski definition) is 1. The summed E-state index contributed by atoms with van der Waals surface area (Å²) in [6.07, 6.45) is 0. The van der Waals surface area contributed by atoms with Gasteiger partial charge >= 0.3 is 0 Å². The van der Waals surface area contributed by atoms with Gasteiger partial charge in [-0.15, -0.1) is 0 Å². The average molecular weight is 364 g/mol. The maximum atomic E-state index is 12.9. The van der Waals surface area contributed by atoms with E-state index < -0.39 is 17.9 Å². The van der Waals surface area contributed by atoms with Gasteiger partial charge in [0.25, 0.3) is 11.8 Å². The van der Waals surface area contributed by atoms with Gasteiger partial charge in [0.15, 0.2) is 0 Å². The third-order valence-corrected chi connectivity index (χ3v) is 4.85. The van der Waals surface area contributed by atoms with Crippen LogP contribution in [0.2, 0.25) is 0 Å². The zero-order valence-corrected chi connectivity index (χ0v) is 16.0. The molecule has 27 heavy (non-hydrogen) atoms. The van der Waals surface area contributed by atoms with Crippen molar-refractivity contribution in [3.05, 3.63) is 65.2 Å². The molecular weight excluding hydrogens is 340 g/mol. The first-order valence-corrected chi connectivity index (χ1v) is 9.19. The predicted octanol–water partition coefficient (Wildman–Crippen LogP) is 4.07. The summed E-state index contributed by atoms with van der Waals surface area (Å²) in [4.78, 5) is 39.5. The van der Waals surface area contributed by atoms with E-state index >= 15 is 0 Å². The molecule has 1 N–H and O–H groups in total. The van der Waals surface area contributed by atoms with Crippen LogP contribution in [0, 0.1) is 5.92 Å². The molecule has 0 saturated carbocycles. The van der Waals surface area contributed by atoms with Crippen molar-refractivity contribution in [2.24, 2.45) is 5.92 Å². The predicted molar refractivity (Wildman–Crippen MR) is 105 cm³/mol. The fourth-order valence-corrected chi connectivity index (χ4v) is 3.35. The third-order valence-electron chi connectivity index (χ3n) is 4.85. The first kappa shape index (κ1) is 18.8. The SMILES string of the molecule is CC(C)c1ccc(NC(=O)[C@@H](C(C)C)N2C(=O)c3ccccc3C2=O)cc1. The monoisotopic (exact) mass is 364 g/mol. The summed E-state index contributed by atoms with van der Waals surface area (Å²) in [5, 5.41) is 2.85. The molecule has 5 heteroatoms. The quantitative estimate of drug-likeness (QED) is 0.813. The van der Waals surface area contributed by atoms with Crippen LogP contribution in [0.15, 0.2) is 48.5 Å². The van der Waals surface area contributed by atoms with E-state index in [2.05, 4.69) is 19.2 Å². The fraction of sp³-hybridized carbons (Fsp3) is 0.318. The summed E-state index contributed by atoms with van der Waals surface area (Å²) in [6.45, 7) is 7.86. The molecule has 0 aromatic heterocycles. The number of carbonyl (C=O) groups is 3. The minimum atomic E-state index is -0.873. The minimum absolute atomic E-state index is 0.220. The standard InChI is InChI=1S/C22H24N2O3/c1-13(2)15-9-11-16(12-10-15)23-20(25)19(14(3)4)24-21(26)17-7-5-6-8-18(17)22(24)27/h5-14,19H,1-4H3,(H,23,25)/t19-/m1/s1. The Labute approximate surface area is 159 Å². The summed E-state index contributed by atoms with van der Waals surface area (Å²) in [7, 11) is 0. The van der Waals surface area contributed by atoms with Crippen LogP contribution in [-0.4, -0.2) is 28.7 Å². The van der Waals surface area contributed by atoms with E-state index in [0.717, 1.165) is 4.90 Å². The van der Waals surface area contributed by atoms with Gasteiger partial charge < -0.3 is 5.32 Å². The van der Waals surface area contributed by atoms with Crippen molar-refractivity contribution in [3.63, 3.8) is 0 Å². The molecular formula is C22H24N2O3. The number of benzene rings is 2. The first-order valence-electron chi connectivity index (χ1n) is 9.19. The van der Waals surface area contributed by atoms with E-state index in [1.54, 1.807) is 24.3 Å². The molecule has 1 heterocycles. The maximum absolute atomic E-state index is 12.9. The zero-order valence-electron chi connectivity index (χ0n) is 16.0. The van der Waals surface area contributed by atoms with Crippen molar-refractivity contribution in [2.45, 2.75) is 39.7 Å². The van der Waals surface area contributed by atoms with Crippen LogP contribution >= 0.6 is 0 Å². The van der Waals surface area contributed by atoms with Gasteiger partial charge in [-0.05, 0) is 41.7 Å². The third kappa shape index (κ3) is 3.50. The summed E-state index contributed by atoms with van der Waals surface area (Å²) >= 11 is 0. The van der Waals surface area contributed by atoms with Crippen molar-refractivity contribution in [3.8, 4) is 0 Å². The van der Waals surface area contributed by atoms with Crippen molar-refractivity contribution in [1.29, 1.82) is 0 Å². The maximum Gasteiger partial charge on any atom is 0.262 e. The number of carbonyl (C=O) groups excluding carboxylic acids is 3. The number of fused-ring (bicyclic) bond motifs is 1. The first-order chi connectivity index (χ1) is 12.8. The molecule has 0 radical (unpaired) electrons. The van der Waals surface area contributed by atoms with Gasteiger partial charge in [0.05, 0.1) is 11.1 Å². The lowest BCUT2D eigenvalue weighted by Gasteiger charge is -2.28. The number of hydrogen-bond acceptors (Lipinski definition) is 3. The summed E-state index contributed by atoms with van der Waals surface area (Å²) in [5.74, 6) is -1.02. The highest BCUT2D eigenvalue weighted by Gasteiger charge is 2.43. The fourth-order valence-electron chi connectivity index (χ4n) is 3.35. The Balaban J connectivity index is 1.85. The molecule has 0 fully saturated rings. The Hall–Kier alpha value is -2.95. The number of imide groups is 1. The van der Waals surface area contributed by atoms with Gasteiger partial charge in [0.2, 0.25) is 5.91 Å². The van der Waals surface area contributed by atoms with E-state index in [1.807, 2.05) is 38.1 Å². The molecule has 0 bridgehead atoms. The van der Waals surface area contributed by atoms with Crippen LogP contribution in [0.5, 0.6) is 0 Å². The van der Waals surface area contributed by atoms with Gasteiger partial charge in [-0.1, -0.05) is 52.0 Å². The second kappa shape index (κ2) is 7.35. The van der Waals surface area contributed by atoms with Crippen LogP contribution in [0.25, 0.3) is 0 Å². The molecule has 2 aromatic rings. The lowest BCUT2D eigenvalue weighted by Crippen LogP contribution is -2.50. The lowest BCUT2D eigenvalue weighted by molar-refractivity contribution is -0.121. The van der Waals surface area contributed by atoms with Crippen LogP contribution < -0.4 is 5.32 Å².